The topological polar surface area (TPSA) is 175 Å². The van der Waals surface area contributed by atoms with Crippen LogP contribution in [0.15, 0.2) is 72.9 Å². The van der Waals surface area contributed by atoms with Gasteiger partial charge in [-0.2, -0.15) is 0 Å². The molecule has 0 aromatic rings. The van der Waals surface area contributed by atoms with E-state index in [-0.39, 0.29) is 19.4 Å². The molecule has 0 saturated carbocycles. The summed E-state index contributed by atoms with van der Waals surface area (Å²) in [4.78, 5) is 26.6. The monoisotopic (exact) mass is 1080 g/mol. The predicted molar refractivity (Wildman–Crippen MR) is 319 cm³/mol. The molecule has 1 saturated heterocycles. The van der Waals surface area contributed by atoms with Crippen molar-refractivity contribution in [2.75, 3.05) is 13.2 Å². The first kappa shape index (κ1) is 72.1. The van der Waals surface area contributed by atoms with Crippen molar-refractivity contribution in [2.45, 2.75) is 320 Å². The van der Waals surface area contributed by atoms with E-state index in [1.54, 1.807) is 6.08 Å². The Morgan fingerprint density at radius 1 is 0.506 bits per heavy atom. The van der Waals surface area contributed by atoms with Crippen molar-refractivity contribution in [2.24, 2.45) is 0 Å². The molecular formula is C66H117NO10. The van der Waals surface area contributed by atoms with Gasteiger partial charge in [-0.05, 0) is 96.3 Å². The maximum Gasteiger partial charge on any atom is 0.306 e. The van der Waals surface area contributed by atoms with Gasteiger partial charge in [-0.3, -0.25) is 9.59 Å². The van der Waals surface area contributed by atoms with Crippen molar-refractivity contribution in [3.63, 3.8) is 0 Å². The second-order valence-corrected chi connectivity index (χ2v) is 21.8. The third-order valence-corrected chi connectivity index (χ3v) is 14.6. The fraction of sp³-hybridized carbons (Fsp3) is 0.788. The number of aliphatic hydroxyl groups excluding tert-OH is 5. The molecule has 0 bridgehead atoms. The first-order valence-electron chi connectivity index (χ1n) is 31.7. The van der Waals surface area contributed by atoms with Crippen LogP contribution >= 0.6 is 0 Å². The highest BCUT2D eigenvalue weighted by Crippen LogP contribution is 2.26. The Morgan fingerprint density at radius 2 is 0.896 bits per heavy atom. The van der Waals surface area contributed by atoms with Gasteiger partial charge in [-0.25, -0.2) is 0 Å². The molecule has 1 fully saturated rings. The number of aliphatic hydroxyl groups is 5. The molecular weight excluding hydrogens is 967 g/mol. The van der Waals surface area contributed by atoms with E-state index in [1.165, 1.54) is 109 Å². The second-order valence-electron chi connectivity index (χ2n) is 21.8. The highest BCUT2D eigenvalue weighted by molar-refractivity contribution is 5.80. The molecule has 11 heteroatoms. The molecule has 446 valence electrons. The van der Waals surface area contributed by atoms with Gasteiger partial charge in [-0.15, -0.1) is 0 Å². The van der Waals surface area contributed by atoms with Crippen molar-refractivity contribution >= 4 is 11.9 Å². The van der Waals surface area contributed by atoms with Crippen LogP contribution < -0.4 is 5.32 Å². The number of rotatable bonds is 53. The zero-order chi connectivity index (χ0) is 56.1. The zero-order valence-electron chi connectivity index (χ0n) is 49.3. The van der Waals surface area contributed by atoms with Gasteiger partial charge in [0, 0.05) is 6.42 Å². The fourth-order valence-electron chi connectivity index (χ4n) is 9.51. The van der Waals surface area contributed by atoms with Crippen molar-refractivity contribution in [3.05, 3.63) is 72.9 Å². The molecule has 77 heavy (non-hydrogen) atoms. The van der Waals surface area contributed by atoms with Gasteiger partial charge < -0.3 is 45.1 Å². The summed E-state index contributed by atoms with van der Waals surface area (Å²) in [5.41, 5.74) is 0. The van der Waals surface area contributed by atoms with Gasteiger partial charge in [0.05, 0.1) is 25.4 Å². The van der Waals surface area contributed by atoms with Crippen LogP contribution in [0.3, 0.4) is 0 Å². The minimum Gasteiger partial charge on any atom is -0.454 e. The minimum absolute atomic E-state index is 0.106. The number of amides is 1. The van der Waals surface area contributed by atoms with E-state index < -0.39 is 67.4 Å². The highest BCUT2D eigenvalue weighted by atomic mass is 16.7. The SMILES string of the molecule is CCCCC/C=C\C/C=C\C/C=C\CCCCCCCCC(=O)OC1C(OCC(NC(=O)C(O)CCCCCCCC/C=C\C/C=C\CCCCC)C(O)/C=C/CCCCCCCCCCCCC)OC(CO)C(O)C1O. The summed E-state index contributed by atoms with van der Waals surface area (Å²) in [5, 5.41) is 57.0. The number of carbonyl (C=O) groups excluding carboxylic acids is 2. The van der Waals surface area contributed by atoms with E-state index in [2.05, 4.69) is 86.8 Å². The summed E-state index contributed by atoms with van der Waals surface area (Å²) in [6.07, 6.45) is 57.8. The van der Waals surface area contributed by atoms with E-state index in [0.717, 1.165) is 116 Å². The Labute approximate surface area is 471 Å². The van der Waals surface area contributed by atoms with Crippen LogP contribution in [-0.2, 0) is 23.8 Å². The summed E-state index contributed by atoms with van der Waals surface area (Å²) in [6.45, 7) is 5.73. The first-order valence-corrected chi connectivity index (χ1v) is 31.7. The lowest BCUT2D eigenvalue weighted by Gasteiger charge is -2.41. The van der Waals surface area contributed by atoms with Crippen molar-refractivity contribution in [1.29, 1.82) is 0 Å². The number of nitrogens with one attached hydrogen (secondary N) is 1. The molecule has 8 atom stereocenters. The smallest absolute Gasteiger partial charge is 0.306 e. The van der Waals surface area contributed by atoms with Crippen LogP contribution in [0.2, 0.25) is 0 Å². The molecule has 1 heterocycles. The third-order valence-electron chi connectivity index (χ3n) is 14.6. The van der Waals surface area contributed by atoms with Crippen LogP contribution in [0.5, 0.6) is 0 Å². The van der Waals surface area contributed by atoms with Crippen molar-refractivity contribution in [1.82, 2.24) is 5.32 Å². The van der Waals surface area contributed by atoms with Crippen LogP contribution in [0.4, 0.5) is 0 Å². The standard InChI is InChI=1S/C66H117NO10/c1-4-7-10-13-16-19-22-25-27-29-30-31-33-36-39-42-45-48-51-54-61(71)77-64-63(73)62(72)60(55-68)76-66(64)75-56-57(58(69)52-49-46-43-40-37-34-24-21-18-15-12-9-6-3)67-65(74)59(70)53-50-47-44-41-38-35-32-28-26-23-20-17-14-11-8-5-2/h16-17,19-20,25-28,30-31,49,52,57-60,62-64,66,68-70,72-73H,4-15,18,21-24,29,32-48,50-51,53-56H2,1-3H3,(H,67,74)/b19-16-,20-17-,27-25-,28-26-,31-30-,52-49+. The molecule has 0 aromatic heterocycles. The number of allylic oxidation sites excluding steroid dienone is 11. The normalized spacial score (nSPS) is 19.5. The van der Waals surface area contributed by atoms with E-state index in [1.807, 2.05) is 6.08 Å². The molecule has 11 nitrogen and oxygen atoms in total. The largest absolute Gasteiger partial charge is 0.454 e. The van der Waals surface area contributed by atoms with E-state index >= 15 is 0 Å². The van der Waals surface area contributed by atoms with E-state index in [0.29, 0.717) is 12.8 Å². The van der Waals surface area contributed by atoms with Gasteiger partial charge >= 0.3 is 5.97 Å². The number of ether oxygens (including phenoxy) is 3. The van der Waals surface area contributed by atoms with E-state index in [9.17, 15) is 35.1 Å². The molecule has 0 aromatic carbocycles. The number of esters is 1. The van der Waals surface area contributed by atoms with E-state index in [4.69, 9.17) is 14.2 Å². The van der Waals surface area contributed by atoms with Gasteiger partial charge in [0.15, 0.2) is 12.4 Å². The molecule has 0 aliphatic carbocycles. The summed E-state index contributed by atoms with van der Waals surface area (Å²) in [6, 6.07) is -1.03. The predicted octanol–water partition coefficient (Wildman–Crippen LogP) is 15.2. The lowest BCUT2D eigenvalue weighted by molar-refractivity contribution is -0.305. The zero-order valence-corrected chi connectivity index (χ0v) is 49.3. The fourth-order valence-corrected chi connectivity index (χ4v) is 9.51. The van der Waals surface area contributed by atoms with Crippen LogP contribution in [0.25, 0.3) is 0 Å². The average molecular weight is 1080 g/mol. The Hall–Kier alpha value is -2.90. The number of hydrogen-bond acceptors (Lipinski definition) is 10. The highest BCUT2D eigenvalue weighted by Gasteiger charge is 2.47. The molecule has 1 rings (SSSR count). The number of hydrogen-bond donors (Lipinski definition) is 6. The Kier molecular flexibility index (Phi) is 50.3. The summed E-state index contributed by atoms with van der Waals surface area (Å²) >= 11 is 0. The lowest BCUT2D eigenvalue weighted by atomic mass is 9.99. The number of carbonyl (C=O) groups is 2. The molecule has 1 amide bonds. The Morgan fingerprint density at radius 3 is 1.36 bits per heavy atom. The van der Waals surface area contributed by atoms with Crippen LogP contribution in [-0.4, -0.2) is 99.6 Å². The molecule has 0 radical (unpaired) electrons. The van der Waals surface area contributed by atoms with Gasteiger partial charge in [-0.1, -0.05) is 241 Å². The summed E-state index contributed by atoms with van der Waals surface area (Å²) in [5.74, 6) is -1.21. The molecule has 8 unspecified atom stereocenters. The minimum atomic E-state index is -1.62. The molecule has 6 N–H and O–H groups in total. The lowest BCUT2D eigenvalue weighted by Crippen LogP contribution is -2.61. The van der Waals surface area contributed by atoms with Gasteiger partial charge in [0.25, 0.3) is 0 Å². The van der Waals surface area contributed by atoms with Crippen molar-refractivity contribution < 1.29 is 49.3 Å². The molecule has 1 aliphatic heterocycles. The molecule has 0 spiro atoms. The first-order chi connectivity index (χ1) is 37.7. The maximum absolute atomic E-state index is 13.4. The van der Waals surface area contributed by atoms with Crippen LogP contribution in [0.1, 0.15) is 271 Å². The maximum atomic E-state index is 13.4. The quantitative estimate of drug-likeness (QED) is 0.0195. The second kappa shape index (κ2) is 53.7. The average Bonchev–Trinajstić information content (AvgIpc) is 3.43. The number of unbranched alkanes of at least 4 members (excludes halogenated alkanes) is 29. The van der Waals surface area contributed by atoms with Crippen LogP contribution in [0, 0.1) is 0 Å². The summed E-state index contributed by atoms with van der Waals surface area (Å²) < 4.78 is 17.6. The van der Waals surface area contributed by atoms with Gasteiger partial charge in [0.2, 0.25) is 5.91 Å². The Bertz CT molecular complexity index is 1530. The molecule has 1 aliphatic rings. The van der Waals surface area contributed by atoms with Crippen molar-refractivity contribution in [3.8, 4) is 0 Å². The van der Waals surface area contributed by atoms with Gasteiger partial charge in [0.1, 0.15) is 24.4 Å². The Balaban J connectivity index is 2.70. The third kappa shape index (κ3) is 41.7. The summed E-state index contributed by atoms with van der Waals surface area (Å²) in [7, 11) is 0.